The summed E-state index contributed by atoms with van der Waals surface area (Å²) in [7, 11) is 0. The van der Waals surface area contributed by atoms with Crippen molar-refractivity contribution in [1.82, 2.24) is 10.3 Å². The molecule has 2 aliphatic rings. The van der Waals surface area contributed by atoms with Gasteiger partial charge in [0, 0.05) is 35.9 Å². The number of rotatable bonds is 5. The van der Waals surface area contributed by atoms with E-state index in [4.69, 9.17) is 11.0 Å². The smallest absolute Gasteiger partial charge is 0.130 e. The van der Waals surface area contributed by atoms with Gasteiger partial charge in [-0.05, 0) is 61.9 Å². The van der Waals surface area contributed by atoms with Gasteiger partial charge in [0.05, 0.1) is 11.6 Å². The van der Waals surface area contributed by atoms with Crippen molar-refractivity contribution in [3.8, 4) is 6.07 Å². The number of aromatic nitrogens is 1. The van der Waals surface area contributed by atoms with Gasteiger partial charge in [-0.3, -0.25) is 0 Å². The van der Waals surface area contributed by atoms with Crippen molar-refractivity contribution in [3.05, 3.63) is 53.7 Å². The van der Waals surface area contributed by atoms with E-state index in [1.807, 2.05) is 30.5 Å². The predicted molar refractivity (Wildman–Crippen MR) is 103 cm³/mol. The normalized spacial score (nSPS) is 27.5. The second-order valence-corrected chi connectivity index (χ2v) is 7.52. The first kappa shape index (κ1) is 17.0. The van der Waals surface area contributed by atoms with E-state index in [2.05, 4.69) is 27.8 Å². The monoisotopic (exact) mass is 347 g/mol. The van der Waals surface area contributed by atoms with Gasteiger partial charge in [-0.2, -0.15) is 5.26 Å². The van der Waals surface area contributed by atoms with Crippen LogP contribution in [0.5, 0.6) is 0 Å². The molecule has 2 aromatic rings. The van der Waals surface area contributed by atoms with Crippen LogP contribution in [-0.2, 0) is 0 Å². The Morgan fingerprint density at radius 1 is 1.12 bits per heavy atom. The summed E-state index contributed by atoms with van der Waals surface area (Å²) in [6.07, 6.45) is 7.86. The molecule has 0 aliphatic heterocycles. The maximum atomic E-state index is 8.98. The van der Waals surface area contributed by atoms with Gasteiger partial charge in [-0.25, -0.2) is 4.98 Å². The van der Waals surface area contributed by atoms with Crippen molar-refractivity contribution in [3.63, 3.8) is 0 Å². The molecule has 4 rings (SSSR count). The molecule has 0 unspecified atom stereocenters. The van der Waals surface area contributed by atoms with Gasteiger partial charge in [-0.1, -0.05) is 12.1 Å². The second-order valence-electron chi connectivity index (χ2n) is 7.52. The molecular formula is C21H25N5. The molecule has 1 heterocycles. The van der Waals surface area contributed by atoms with Gasteiger partial charge in [0.15, 0.2) is 0 Å². The average Bonchev–Trinajstić information content (AvgIpc) is 3.43. The van der Waals surface area contributed by atoms with Crippen LogP contribution in [-0.4, -0.2) is 23.1 Å². The van der Waals surface area contributed by atoms with Crippen LogP contribution in [0.4, 0.5) is 11.5 Å². The molecule has 4 N–H and O–H groups in total. The lowest BCUT2D eigenvalue weighted by molar-refractivity contribution is 0.339. The van der Waals surface area contributed by atoms with Crippen molar-refractivity contribution in [1.29, 1.82) is 5.26 Å². The maximum absolute atomic E-state index is 8.98. The van der Waals surface area contributed by atoms with Crippen LogP contribution in [0.15, 0.2) is 42.6 Å². The van der Waals surface area contributed by atoms with E-state index in [1.54, 1.807) is 6.07 Å². The first-order valence-electron chi connectivity index (χ1n) is 9.46. The summed E-state index contributed by atoms with van der Waals surface area (Å²) < 4.78 is 0. The molecule has 0 radical (unpaired) electrons. The Hall–Kier alpha value is -2.42. The Morgan fingerprint density at radius 3 is 2.69 bits per heavy atom. The zero-order valence-corrected chi connectivity index (χ0v) is 14.9. The minimum Gasteiger partial charge on any atom is -0.340 e. The lowest BCUT2D eigenvalue weighted by atomic mass is 9.92. The standard InChI is InChI=1S/C21H25N5/c22-12-14-2-1-3-18(10-14)26-21-9-4-15(13-24-21)19-11-20(19)25-17-7-5-16(23)6-8-17/h1-4,9-10,13,16-17,19-20,25H,5-8,11,23H2,(H,24,26)/t16?,17?,19-,20+/m1/s1. The Bertz CT molecular complexity index is 787. The van der Waals surface area contributed by atoms with E-state index in [-0.39, 0.29) is 0 Å². The molecule has 0 spiro atoms. The third kappa shape index (κ3) is 4.04. The Balaban J connectivity index is 1.32. The Labute approximate surface area is 154 Å². The van der Waals surface area contributed by atoms with Crippen molar-refractivity contribution < 1.29 is 0 Å². The highest BCUT2D eigenvalue weighted by atomic mass is 15.0. The number of pyridine rings is 1. The largest absolute Gasteiger partial charge is 0.340 e. The molecule has 134 valence electrons. The summed E-state index contributed by atoms with van der Waals surface area (Å²) in [5, 5.41) is 16.0. The molecule has 2 aliphatic carbocycles. The molecule has 0 amide bonds. The number of nitrogens with one attached hydrogen (secondary N) is 2. The summed E-state index contributed by atoms with van der Waals surface area (Å²) in [4.78, 5) is 4.54. The van der Waals surface area contributed by atoms with Crippen LogP contribution in [0.3, 0.4) is 0 Å². The number of anilines is 2. The quantitative estimate of drug-likeness (QED) is 0.771. The van der Waals surface area contributed by atoms with Gasteiger partial charge in [0.25, 0.3) is 0 Å². The van der Waals surface area contributed by atoms with E-state index in [0.29, 0.717) is 29.6 Å². The molecule has 1 aromatic heterocycles. The predicted octanol–water partition coefficient (Wildman–Crippen LogP) is 3.41. The number of hydrogen-bond acceptors (Lipinski definition) is 5. The van der Waals surface area contributed by atoms with Crippen molar-refractivity contribution in [2.24, 2.45) is 5.73 Å². The van der Waals surface area contributed by atoms with E-state index in [9.17, 15) is 0 Å². The van der Waals surface area contributed by atoms with Gasteiger partial charge < -0.3 is 16.4 Å². The fraction of sp³-hybridized carbons (Fsp3) is 0.429. The first-order valence-corrected chi connectivity index (χ1v) is 9.46. The highest BCUT2D eigenvalue weighted by Crippen LogP contribution is 2.41. The van der Waals surface area contributed by atoms with Crippen molar-refractivity contribution in [2.75, 3.05) is 5.32 Å². The van der Waals surface area contributed by atoms with E-state index in [1.165, 1.54) is 24.8 Å². The summed E-state index contributed by atoms with van der Waals surface area (Å²) in [5.74, 6) is 1.38. The topological polar surface area (TPSA) is 86.8 Å². The summed E-state index contributed by atoms with van der Waals surface area (Å²) in [6, 6.07) is 15.4. The Kier molecular flexibility index (Phi) is 4.87. The number of nitrogens with zero attached hydrogens (tertiary/aromatic N) is 2. The van der Waals surface area contributed by atoms with Gasteiger partial charge >= 0.3 is 0 Å². The number of nitrogens with two attached hydrogens (primary N) is 1. The fourth-order valence-corrected chi connectivity index (χ4v) is 3.85. The summed E-state index contributed by atoms with van der Waals surface area (Å²) in [5.41, 5.74) is 8.81. The van der Waals surface area contributed by atoms with Crippen LogP contribution in [0, 0.1) is 11.3 Å². The molecule has 26 heavy (non-hydrogen) atoms. The molecule has 2 fully saturated rings. The highest BCUT2D eigenvalue weighted by molar-refractivity contribution is 5.58. The zero-order chi connectivity index (χ0) is 17.9. The minimum absolute atomic E-state index is 0.404. The van der Waals surface area contributed by atoms with Crippen LogP contribution >= 0.6 is 0 Å². The van der Waals surface area contributed by atoms with E-state index >= 15 is 0 Å². The lowest BCUT2D eigenvalue weighted by Crippen LogP contribution is -2.38. The van der Waals surface area contributed by atoms with Gasteiger partial charge in [0.2, 0.25) is 0 Å². The number of nitriles is 1. The van der Waals surface area contributed by atoms with E-state index in [0.717, 1.165) is 24.3 Å². The molecule has 2 atom stereocenters. The van der Waals surface area contributed by atoms with Gasteiger partial charge in [-0.15, -0.1) is 0 Å². The Morgan fingerprint density at radius 2 is 1.96 bits per heavy atom. The van der Waals surface area contributed by atoms with Crippen molar-refractivity contribution >= 4 is 11.5 Å². The minimum atomic E-state index is 0.404. The van der Waals surface area contributed by atoms with Crippen LogP contribution in [0.2, 0.25) is 0 Å². The molecule has 0 saturated heterocycles. The van der Waals surface area contributed by atoms with Crippen molar-refractivity contribution in [2.45, 2.75) is 56.1 Å². The zero-order valence-electron chi connectivity index (χ0n) is 14.9. The molecule has 2 saturated carbocycles. The van der Waals surface area contributed by atoms with Crippen LogP contribution < -0.4 is 16.4 Å². The number of benzene rings is 1. The molecule has 5 nitrogen and oxygen atoms in total. The molecule has 0 bridgehead atoms. The summed E-state index contributed by atoms with van der Waals surface area (Å²) >= 11 is 0. The van der Waals surface area contributed by atoms with Crippen LogP contribution in [0.1, 0.15) is 49.1 Å². The fourth-order valence-electron chi connectivity index (χ4n) is 3.85. The summed E-state index contributed by atoms with van der Waals surface area (Å²) in [6.45, 7) is 0. The first-order chi connectivity index (χ1) is 12.7. The third-order valence-electron chi connectivity index (χ3n) is 5.49. The lowest BCUT2D eigenvalue weighted by Gasteiger charge is -2.27. The number of hydrogen-bond donors (Lipinski definition) is 3. The SMILES string of the molecule is N#Cc1cccc(Nc2ccc([C@H]3C[C@@H]3NC3CCC(N)CC3)cn2)c1. The third-order valence-corrected chi connectivity index (χ3v) is 5.49. The maximum Gasteiger partial charge on any atom is 0.130 e. The molecule has 5 heteroatoms. The second kappa shape index (κ2) is 7.45. The van der Waals surface area contributed by atoms with E-state index < -0.39 is 0 Å². The van der Waals surface area contributed by atoms with Crippen LogP contribution in [0.25, 0.3) is 0 Å². The van der Waals surface area contributed by atoms with Gasteiger partial charge in [0.1, 0.15) is 5.82 Å². The highest BCUT2D eigenvalue weighted by Gasteiger charge is 2.39. The average molecular weight is 347 g/mol. The molecular weight excluding hydrogens is 322 g/mol. The molecule has 1 aromatic carbocycles.